The van der Waals surface area contributed by atoms with Crippen molar-refractivity contribution < 1.29 is 13.9 Å². The fourth-order valence-electron chi connectivity index (χ4n) is 4.57. The zero-order valence-corrected chi connectivity index (χ0v) is 14.9. The molecule has 4 rings (SSSR count). The van der Waals surface area contributed by atoms with Crippen LogP contribution in [0, 0.1) is 17.7 Å². The molecule has 0 spiro atoms. The number of carbonyl (C=O) groups excluding carboxylic acids is 1. The topological polar surface area (TPSA) is 32.8 Å². The van der Waals surface area contributed by atoms with Crippen LogP contribution in [0.25, 0.3) is 0 Å². The first-order valence-corrected chi connectivity index (χ1v) is 9.53. The molecule has 3 fully saturated rings. The molecular formula is C20H27FN2O2. The highest BCUT2D eigenvalue weighted by molar-refractivity contribution is 5.83. The van der Waals surface area contributed by atoms with Gasteiger partial charge in [0.05, 0.1) is 13.2 Å². The van der Waals surface area contributed by atoms with E-state index in [2.05, 4.69) is 16.7 Å². The number of likely N-dealkylation sites (tertiary alicyclic amines) is 1. The maximum atomic E-state index is 13.4. The first kappa shape index (κ1) is 17.0. The first-order chi connectivity index (χ1) is 12.2. The van der Waals surface area contributed by atoms with E-state index >= 15 is 0 Å². The molecule has 5 heteroatoms. The molecule has 25 heavy (non-hydrogen) atoms. The summed E-state index contributed by atoms with van der Waals surface area (Å²) in [6.07, 6.45) is 1.96. The lowest BCUT2D eigenvalue weighted by atomic mass is 9.99. The Morgan fingerprint density at radius 2 is 2.08 bits per heavy atom. The van der Waals surface area contributed by atoms with E-state index in [1.54, 1.807) is 12.1 Å². The molecule has 4 atom stereocenters. The van der Waals surface area contributed by atoms with Gasteiger partial charge in [-0.3, -0.25) is 9.69 Å². The average Bonchev–Trinajstić information content (AvgIpc) is 3.33. The third kappa shape index (κ3) is 3.44. The Labute approximate surface area is 148 Å². The second kappa shape index (κ2) is 7.04. The van der Waals surface area contributed by atoms with Crippen molar-refractivity contribution in [3.8, 4) is 0 Å². The van der Waals surface area contributed by atoms with Crippen molar-refractivity contribution in [3.05, 3.63) is 35.6 Å². The van der Waals surface area contributed by atoms with Crippen molar-refractivity contribution in [1.29, 1.82) is 0 Å². The Morgan fingerprint density at radius 3 is 2.80 bits per heavy atom. The molecule has 3 aliphatic rings. The maximum absolute atomic E-state index is 13.4. The Morgan fingerprint density at radius 1 is 1.28 bits per heavy atom. The van der Waals surface area contributed by atoms with Gasteiger partial charge < -0.3 is 9.64 Å². The lowest BCUT2D eigenvalue weighted by Gasteiger charge is -2.34. The molecule has 136 valence electrons. The molecule has 1 aliphatic carbocycles. The largest absolute Gasteiger partial charge is 0.379 e. The van der Waals surface area contributed by atoms with Crippen molar-refractivity contribution in [3.63, 3.8) is 0 Å². The second-order valence-corrected chi connectivity index (χ2v) is 7.63. The standard InChI is InChI=1S/C20H27FN2O2/c1-2-14-12-23(13-19(14)22-6-8-25-9-7-22)20(24)18-11-17(18)15-4-3-5-16(21)10-15/h3-5,10,14,17-19H,2,6-9,11-13H2,1H3/t14-,17+,18-,19+/m1/s1. The normalized spacial score (nSPS) is 32.8. The minimum absolute atomic E-state index is 0.0442. The summed E-state index contributed by atoms with van der Waals surface area (Å²) >= 11 is 0. The average molecular weight is 346 g/mol. The van der Waals surface area contributed by atoms with Gasteiger partial charge in [0.15, 0.2) is 0 Å². The van der Waals surface area contributed by atoms with Crippen LogP contribution in [0.1, 0.15) is 31.2 Å². The molecule has 0 unspecified atom stereocenters. The smallest absolute Gasteiger partial charge is 0.226 e. The minimum Gasteiger partial charge on any atom is -0.379 e. The van der Waals surface area contributed by atoms with E-state index in [0.29, 0.717) is 12.0 Å². The van der Waals surface area contributed by atoms with Crippen LogP contribution < -0.4 is 0 Å². The van der Waals surface area contributed by atoms with Gasteiger partial charge in [-0.1, -0.05) is 25.5 Å². The number of hydrogen-bond donors (Lipinski definition) is 0. The summed E-state index contributed by atoms with van der Waals surface area (Å²) in [7, 11) is 0. The predicted octanol–water partition coefficient (Wildman–Crippen LogP) is 2.50. The molecule has 0 bridgehead atoms. The summed E-state index contributed by atoms with van der Waals surface area (Å²) in [5.74, 6) is 0.848. The van der Waals surface area contributed by atoms with Gasteiger partial charge in [-0.05, 0) is 36.0 Å². The van der Waals surface area contributed by atoms with Gasteiger partial charge in [0.1, 0.15) is 5.82 Å². The van der Waals surface area contributed by atoms with E-state index in [1.807, 2.05) is 6.07 Å². The van der Waals surface area contributed by atoms with Crippen LogP contribution in [0.3, 0.4) is 0 Å². The fourth-order valence-corrected chi connectivity index (χ4v) is 4.57. The van der Waals surface area contributed by atoms with Gasteiger partial charge in [-0.2, -0.15) is 0 Å². The van der Waals surface area contributed by atoms with Crippen molar-refractivity contribution >= 4 is 5.91 Å². The lowest BCUT2D eigenvalue weighted by Crippen LogP contribution is -2.47. The number of carbonyl (C=O) groups is 1. The van der Waals surface area contributed by atoms with Gasteiger partial charge in [0.25, 0.3) is 0 Å². The van der Waals surface area contributed by atoms with Crippen molar-refractivity contribution in [2.75, 3.05) is 39.4 Å². The van der Waals surface area contributed by atoms with Crippen LogP contribution in [0.4, 0.5) is 4.39 Å². The van der Waals surface area contributed by atoms with E-state index < -0.39 is 0 Å². The molecule has 1 saturated carbocycles. The Bertz CT molecular complexity index is 632. The molecule has 1 aromatic rings. The second-order valence-electron chi connectivity index (χ2n) is 7.63. The van der Waals surface area contributed by atoms with E-state index in [-0.39, 0.29) is 23.6 Å². The Hall–Kier alpha value is -1.46. The molecule has 0 radical (unpaired) electrons. The van der Waals surface area contributed by atoms with Crippen LogP contribution in [0.2, 0.25) is 0 Å². The van der Waals surface area contributed by atoms with Crippen molar-refractivity contribution in [1.82, 2.24) is 9.80 Å². The molecule has 0 N–H and O–H groups in total. The summed E-state index contributed by atoms with van der Waals surface area (Å²) in [4.78, 5) is 17.5. The summed E-state index contributed by atoms with van der Waals surface area (Å²) in [5.41, 5.74) is 0.967. The van der Waals surface area contributed by atoms with Gasteiger partial charge in [-0.25, -0.2) is 4.39 Å². The highest BCUT2D eigenvalue weighted by Crippen LogP contribution is 2.49. The number of ether oxygens (including phenoxy) is 1. The van der Waals surface area contributed by atoms with Crippen LogP contribution in [0.5, 0.6) is 0 Å². The first-order valence-electron chi connectivity index (χ1n) is 9.53. The quantitative estimate of drug-likeness (QED) is 0.840. The molecule has 2 heterocycles. The van der Waals surface area contributed by atoms with Crippen LogP contribution in [0.15, 0.2) is 24.3 Å². The third-order valence-corrected chi connectivity index (χ3v) is 6.14. The van der Waals surface area contributed by atoms with Gasteiger partial charge in [0.2, 0.25) is 5.91 Å². The molecule has 1 amide bonds. The predicted molar refractivity (Wildman–Crippen MR) is 93.8 cm³/mol. The number of hydrogen-bond acceptors (Lipinski definition) is 3. The maximum Gasteiger partial charge on any atom is 0.226 e. The van der Waals surface area contributed by atoms with Gasteiger partial charge in [-0.15, -0.1) is 0 Å². The number of halogens is 1. The van der Waals surface area contributed by atoms with Gasteiger partial charge >= 0.3 is 0 Å². The van der Waals surface area contributed by atoms with E-state index in [9.17, 15) is 9.18 Å². The van der Waals surface area contributed by atoms with E-state index in [1.165, 1.54) is 6.07 Å². The molecule has 1 aromatic carbocycles. The Balaban J connectivity index is 1.40. The molecule has 2 saturated heterocycles. The number of morpholine rings is 1. The highest BCUT2D eigenvalue weighted by atomic mass is 19.1. The number of nitrogens with zero attached hydrogens (tertiary/aromatic N) is 2. The van der Waals surface area contributed by atoms with Crippen LogP contribution in [-0.2, 0) is 9.53 Å². The summed E-state index contributed by atoms with van der Waals surface area (Å²) in [5, 5.41) is 0. The highest BCUT2D eigenvalue weighted by Gasteiger charge is 2.48. The molecular weight excluding hydrogens is 319 g/mol. The monoisotopic (exact) mass is 346 g/mol. The van der Waals surface area contributed by atoms with Crippen molar-refractivity contribution in [2.45, 2.75) is 31.7 Å². The van der Waals surface area contributed by atoms with Gasteiger partial charge in [0, 0.05) is 38.1 Å². The number of rotatable bonds is 4. The zero-order chi connectivity index (χ0) is 17.4. The van der Waals surface area contributed by atoms with E-state index in [4.69, 9.17) is 4.74 Å². The Kier molecular flexibility index (Phi) is 4.78. The molecule has 4 nitrogen and oxygen atoms in total. The van der Waals surface area contributed by atoms with E-state index in [0.717, 1.165) is 57.8 Å². The number of benzene rings is 1. The van der Waals surface area contributed by atoms with Crippen LogP contribution in [-0.4, -0.2) is 61.1 Å². The van der Waals surface area contributed by atoms with Crippen LogP contribution >= 0.6 is 0 Å². The summed E-state index contributed by atoms with van der Waals surface area (Å²) in [6.45, 7) is 7.46. The minimum atomic E-state index is -0.213. The summed E-state index contributed by atoms with van der Waals surface area (Å²) < 4.78 is 18.9. The number of amides is 1. The third-order valence-electron chi connectivity index (χ3n) is 6.14. The molecule has 2 aliphatic heterocycles. The summed E-state index contributed by atoms with van der Waals surface area (Å²) in [6, 6.07) is 7.18. The lowest BCUT2D eigenvalue weighted by molar-refractivity contribution is -0.132. The molecule has 0 aromatic heterocycles. The van der Waals surface area contributed by atoms with Crippen molar-refractivity contribution in [2.24, 2.45) is 11.8 Å². The SMILES string of the molecule is CC[C@@H]1CN(C(=O)[C@@H]2C[C@H]2c2cccc(F)c2)C[C@@H]1N1CCOCC1. The zero-order valence-electron chi connectivity index (χ0n) is 14.9. The fraction of sp³-hybridized carbons (Fsp3) is 0.650.